The SMILES string of the molecule is CCCCN(C)C(=O)C1CCCn2c1nn(Cc1ccc(F)cc1Cl)c2=O. The van der Waals surface area contributed by atoms with Crippen LogP contribution >= 0.6 is 11.6 Å². The van der Waals surface area contributed by atoms with Crippen LogP contribution in [0.4, 0.5) is 4.39 Å². The highest BCUT2D eigenvalue weighted by atomic mass is 35.5. The van der Waals surface area contributed by atoms with Gasteiger partial charge in [0.15, 0.2) is 0 Å². The summed E-state index contributed by atoms with van der Waals surface area (Å²) in [6.45, 7) is 3.47. The second-order valence-corrected chi connectivity index (χ2v) is 7.40. The molecular weight excluding hydrogens is 371 g/mol. The normalized spacial score (nSPS) is 16.2. The molecule has 2 aromatic rings. The molecule has 1 atom stereocenters. The highest BCUT2D eigenvalue weighted by Gasteiger charge is 2.33. The summed E-state index contributed by atoms with van der Waals surface area (Å²) in [4.78, 5) is 27.3. The molecule has 1 unspecified atom stereocenters. The van der Waals surface area contributed by atoms with E-state index in [4.69, 9.17) is 11.6 Å². The number of carbonyl (C=O) groups is 1. The van der Waals surface area contributed by atoms with Gasteiger partial charge in [0, 0.05) is 25.2 Å². The molecule has 2 heterocycles. The summed E-state index contributed by atoms with van der Waals surface area (Å²) in [5.41, 5.74) is 0.345. The average molecular weight is 395 g/mol. The summed E-state index contributed by atoms with van der Waals surface area (Å²) in [5.74, 6) is -0.321. The van der Waals surface area contributed by atoms with Crippen LogP contribution in [-0.4, -0.2) is 38.7 Å². The Morgan fingerprint density at radius 2 is 2.22 bits per heavy atom. The Labute approximate surface area is 162 Å². The van der Waals surface area contributed by atoms with Gasteiger partial charge < -0.3 is 4.90 Å². The molecule has 0 fully saturated rings. The van der Waals surface area contributed by atoms with Gasteiger partial charge in [0.05, 0.1) is 12.5 Å². The maximum atomic E-state index is 13.2. The van der Waals surface area contributed by atoms with Crippen molar-refractivity contribution in [3.63, 3.8) is 0 Å². The van der Waals surface area contributed by atoms with Gasteiger partial charge in [-0.15, -0.1) is 0 Å². The molecule has 0 bridgehead atoms. The zero-order chi connectivity index (χ0) is 19.6. The topological polar surface area (TPSA) is 60.1 Å². The zero-order valence-corrected chi connectivity index (χ0v) is 16.4. The van der Waals surface area contributed by atoms with Crippen molar-refractivity contribution >= 4 is 17.5 Å². The molecule has 0 saturated carbocycles. The minimum Gasteiger partial charge on any atom is -0.345 e. The zero-order valence-electron chi connectivity index (χ0n) is 15.6. The molecule has 3 rings (SSSR count). The molecule has 8 heteroatoms. The first-order valence-electron chi connectivity index (χ1n) is 9.28. The van der Waals surface area contributed by atoms with E-state index >= 15 is 0 Å². The molecule has 1 amide bonds. The van der Waals surface area contributed by atoms with E-state index in [0.29, 0.717) is 30.9 Å². The van der Waals surface area contributed by atoms with Crippen LogP contribution in [0.15, 0.2) is 23.0 Å². The largest absolute Gasteiger partial charge is 0.346 e. The van der Waals surface area contributed by atoms with Crippen molar-refractivity contribution < 1.29 is 9.18 Å². The molecule has 27 heavy (non-hydrogen) atoms. The van der Waals surface area contributed by atoms with Gasteiger partial charge in [0.2, 0.25) is 5.91 Å². The van der Waals surface area contributed by atoms with Crippen LogP contribution in [0.2, 0.25) is 5.02 Å². The third kappa shape index (κ3) is 4.08. The lowest BCUT2D eigenvalue weighted by atomic mass is 9.97. The van der Waals surface area contributed by atoms with Gasteiger partial charge in [-0.3, -0.25) is 9.36 Å². The Balaban J connectivity index is 1.88. The van der Waals surface area contributed by atoms with Gasteiger partial charge in [0.25, 0.3) is 0 Å². The van der Waals surface area contributed by atoms with Gasteiger partial charge >= 0.3 is 5.69 Å². The second kappa shape index (κ2) is 8.25. The van der Waals surface area contributed by atoms with Gasteiger partial charge in [-0.2, -0.15) is 5.10 Å². The molecular formula is C19H24ClFN4O2. The standard InChI is InChI=1S/C19H24ClFN4O2/c1-3-4-9-23(2)18(26)15-6-5-10-24-17(15)22-25(19(24)27)12-13-7-8-14(21)11-16(13)20/h7-8,11,15H,3-6,9-10,12H2,1-2H3. The van der Waals surface area contributed by atoms with E-state index in [9.17, 15) is 14.0 Å². The third-order valence-corrected chi connectivity index (χ3v) is 5.35. The molecule has 146 valence electrons. The number of amides is 1. The molecule has 0 saturated heterocycles. The second-order valence-electron chi connectivity index (χ2n) is 6.99. The summed E-state index contributed by atoms with van der Waals surface area (Å²) < 4.78 is 16.1. The fourth-order valence-corrected chi connectivity index (χ4v) is 3.66. The Bertz CT molecular complexity index is 892. The van der Waals surface area contributed by atoms with Crippen LogP contribution in [0.1, 0.15) is 49.9 Å². The van der Waals surface area contributed by atoms with E-state index in [-0.39, 0.29) is 23.2 Å². The molecule has 0 N–H and O–H groups in total. The highest BCUT2D eigenvalue weighted by Crippen LogP contribution is 2.27. The summed E-state index contributed by atoms with van der Waals surface area (Å²) in [7, 11) is 1.80. The number of carbonyl (C=O) groups excluding carboxylic acids is 1. The Morgan fingerprint density at radius 3 is 2.93 bits per heavy atom. The number of halogens is 2. The number of hydrogen-bond acceptors (Lipinski definition) is 3. The lowest BCUT2D eigenvalue weighted by molar-refractivity contribution is -0.132. The van der Waals surface area contributed by atoms with Crippen LogP contribution in [0.5, 0.6) is 0 Å². The van der Waals surface area contributed by atoms with E-state index < -0.39 is 11.7 Å². The van der Waals surface area contributed by atoms with E-state index in [2.05, 4.69) is 12.0 Å². The number of nitrogens with zero attached hydrogens (tertiary/aromatic N) is 4. The van der Waals surface area contributed by atoms with E-state index in [0.717, 1.165) is 19.3 Å². The summed E-state index contributed by atoms with van der Waals surface area (Å²) in [6, 6.07) is 4.06. The molecule has 0 aliphatic carbocycles. The van der Waals surface area contributed by atoms with Crippen LogP contribution in [0.3, 0.4) is 0 Å². The smallest absolute Gasteiger partial charge is 0.345 e. The monoisotopic (exact) mass is 394 g/mol. The Morgan fingerprint density at radius 1 is 1.44 bits per heavy atom. The number of aromatic nitrogens is 3. The van der Waals surface area contributed by atoms with Crippen molar-refractivity contribution in [2.45, 2.75) is 51.6 Å². The van der Waals surface area contributed by atoms with Crippen molar-refractivity contribution in [1.82, 2.24) is 19.2 Å². The average Bonchev–Trinajstić information content (AvgIpc) is 2.97. The van der Waals surface area contributed by atoms with Crippen molar-refractivity contribution in [1.29, 1.82) is 0 Å². The maximum absolute atomic E-state index is 13.2. The van der Waals surface area contributed by atoms with Crippen LogP contribution in [0.25, 0.3) is 0 Å². The molecule has 6 nitrogen and oxygen atoms in total. The summed E-state index contributed by atoms with van der Waals surface area (Å²) >= 11 is 6.08. The fourth-order valence-electron chi connectivity index (χ4n) is 3.43. The number of hydrogen-bond donors (Lipinski definition) is 0. The van der Waals surface area contributed by atoms with Gasteiger partial charge in [-0.25, -0.2) is 13.9 Å². The van der Waals surface area contributed by atoms with Crippen LogP contribution in [0, 0.1) is 5.82 Å². The fraction of sp³-hybridized carbons (Fsp3) is 0.526. The predicted octanol–water partition coefficient (Wildman–Crippen LogP) is 3.02. The minimum absolute atomic E-state index is 0.00126. The molecule has 1 aliphatic rings. The number of unbranched alkanes of at least 4 members (excludes halogenated alkanes) is 1. The van der Waals surface area contributed by atoms with Crippen LogP contribution in [-0.2, 0) is 17.9 Å². The summed E-state index contributed by atoms with van der Waals surface area (Å²) in [5, 5.41) is 4.69. The Kier molecular flexibility index (Phi) is 5.99. The molecule has 1 aromatic heterocycles. The van der Waals surface area contributed by atoms with Crippen molar-refractivity contribution in [3.05, 3.63) is 50.9 Å². The lowest BCUT2D eigenvalue weighted by Crippen LogP contribution is -2.36. The van der Waals surface area contributed by atoms with E-state index in [1.54, 1.807) is 22.6 Å². The predicted molar refractivity (Wildman–Crippen MR) is 102 cm³/mol. The van der Waals surface area contributed by atoms with Crippen molar-refractivity contribution in [3.8, 4) is 0 Å². The van der Waals surface area contributed by atoms with E-state index in [1.165, 1.54) is 16.8 Å². The quantitative estimate of drug-likeness (QED) is 0.756. The minimum atomic E-state index is -0.430. The first kappa shape index (κ1) is 19.6. The van der Waals surface area contributed by atoms with Crippen molar-refractivity contribution in [2.75, 3.05) is 13.6 Å². The van der Waals surface area contributed by atoms with Gasteiger partial charge in [-0.05, 0) is 37.0 Å². The molecule has 0 radical (unpaired) electrons. The molecule has 1 aromatic carbocycles. The third-order valence-electron chi connectivity index (χ3n) is 4.99. The van der Waals surface area contributed by atoms with E-state index in [1.807, 2.05) is 0 Å². The Hall–Kier alpha value is -2.15. The number of rotatable bonds is 6. The first-order valence-corrected chi connectivity index (χ1v) is 9.66. The lowest BCUT2D eigenvalue weighted by Gasteiger charge is -2.26. The van der Waals surface area contributed by atoms with Crippen molar-refractivity contribution in [2.24, 2.45) is 0 Å². The van der Waals surface area contributed by atoms with Gasteiger partial charge in [-0.1, -0.05) is 31.0 Å². The summed E-state index contributed by atoms with van der Waals surface area (Å²) in [6.07, 6.45) is 3.40. The highest BCUT2D eigenvalue weighted by molar-refractivity contribution is 6.31. The number of fused-ring (bicyclic) bond motifs is 1. The number of benzene rings is 1. The maximum Gasteiger partial charge on any atom is 0.346 e. The molecule has 0 spiro atoms. The first-order chi connectivity index (χ1) is 12.9. The number of likely N-dealkylation sites (N-methyl/N-ethyl adjacent to an activating group) is 1. The van der Waals surface area contributed by atoms with Crippen LogP contribution < -0.4 is 5.69 Å². The molecule has 1 aliphatic heterocycles. The van der Waals surface area contributed by atoms with Gasteiger partial charge in [0.1, 0.15) is 11.6 Å².